The molecule has 0 spiro atoms. The van der Waals surface area contributed by atoms with E-state index in [4.69, 9.17) is 11.5 Å². The van der Waals surface area contributed by atoms with E-state index >= 15 is 0 Å². The van der Waals surface area contributed by atoms with Gasteiger partial charge in [0.2, 0.25) is 0 Å². The van der Waals surface area contributed by atoms with E-state index in [9.17, 15) is 4.79 Å². The van der Waals surface area contributed by atoms with Gasteiger partial charge in [-0.3, -0.25) is 4.79 Å². The molecule has 0 aromatic carbocycles. The number of amides is 1. The summed E-state index contributed by atoms with van der Waals surface area (Å²) in [6.45, 7) is 2.42. The van der Waals surface area contributed by atoms with Crippen LogP contribution < -0.4 is 16.8 Å². The highest BCUT2D eigenvalue weighted by Crippen LogP contribution is 2.02. The molecule has 0 fully saturated rings. The summed E-state index contributed by atoms with van der Waals surface area (Å²) in [4.78, 5) is 10.7. The SMILES string of the molecule is CC(CN)Nc1ccc(C(N)=O)nn1. The molecule has 0 aliphatic rings. The minimum absolute atomic E-state index is 0.115. The molecule has 76 valence electrons. The van der Waals surface area contributed by atoms with Gasteiger partial charge in [0.25, 0.3) is 5.91 Å². The number of rotatable bonds is 4. The molecule has 14 heavy (non-hydrogen) atoms. The zero-order chi connectivity index (χ0) is 10.6. The Morgan fingerprint density at radius 1 is 1.57 bits per heavy atom. The van der Waals surface area contributed by atoms with Gasteiger partial charge in [0.15, 0.2) is 5.69 Å². The van der Waals surface area contributed by atoms with E-state index in [0.717, 1.165) is 0 Å². The van der Waals surface area contributed by atoms with Crippen LogP contribution in [0.15, 0.2) is 12.1 Å². The number of hydrogen-bond acceptors (Lipinski definition) is 5. The van der Waals surface area contributed by atoms with Crippen molar-refractivity contribution in [2.75, 3.05) is 11.9 Å². The fraction of sp³-hybridized carbons (Fsp3) is 0.375. The highest BCUT2D eigenvalue weighted by atomic mass is 16.1. The number of carbonyl (C=O) groups excluding carboxylic acids is 1. The van der Waals surface area contributed by atoms with Crippen LogP contribution in [0.2, 0.25) is 0 Å². The summed E-state index contributed by atoms with van der Waals surface area (Å²) in [6, 6.07) is 3.27. The number of aromatic nitrogens is 2. The second-order valence-electron chi connectivity index (χ2n) is 2.95. The van der Waals surface area contributed by atoms with Crippen LogP contribution in [0.3, 0.4) is 0 Å². The molecule has 1 unspecified atom stereocenters. The highest BCUT2D eigenvalue weighted by Gasteiger charge is 2.04. The van der Waals surface area contributed by atoms with E-state index in [0.29, 0.717) is 12.4 Å². The molecule has 1 heterocycles. The largest absolute Gasteiger partial charge is 0.365 e. The van der Waals surface area contributed by atoms with Gasteiger partial charge in [0, 0.05) is 12.6 Å². The lowest BCUT2D eigenvalue weighted by Crippen LogP contribution is -2.26. The van der Waals surface area contributed by atoms with Crippen molar-refractivity contribution in [2.45, 2.75) is 13.0 Å². The number of hydrogen-bond donors (Lipinski definition) is 3. The summed E-state index contributed by atoms with van der Waals surface area (Å²) in [5.41, 5.74) is 10.6. The first-order chi connectivity index (χ1) is 6.63. The van der Waals surface area contributed by atoms with E-state index < -0.39 is 5.91 Å². The molecule has 0 radical (unpaired) electrons. The fourth-order valence-electron chi connectivity index (χ4n) is 0.852. The van der Waals surface area contributed by atoms with Gasteiger partial charge in [-0.25, -0.2) is 0 Å². The Morgan fingerprint density at radius 2 is 2.29 bits per heavy atom. The summed E-state index contributed by atoms with van der Waals surface area (Å²) >= 11 is 0. The lowest BCUT2D eigenvalue weighted by Gasteiger charge is -2.10. The smallest absolute Gasteiger partial charge is 0.269 e. The number of carbonyl (C=O) groups is 1. The molecule has 1 amide bonds. The van der Waals surface area contributed by atoms with Gasteiger partial charge in [0.05, 0.1) is 0 Å². The molecule has 0 bridgehead atoms. The summed E-state index contributed by atoms with van der Waals surface area (Å²) < 4.78 is 0. The van der Waals surface area contributed by atoms with Crippen molar-refractivity contribution >= 4 is 11.7 Å². The van der Waals surface area contributed by atoms with Gasteiger partial charge in [-0.1, -0.05) is 0 Å². The zero-order valence-corrected chi connectivity index (χ0v) is 7.90. The van der Waals surface area contributed by atoms with Crippen molar-refractivity contribution < 1.29 is 4.79 Å². The second-order valence-corrected chi connectivity index (χ2v) is 2.95. The van der Waals surface area contributed by atoms with Crippen LogP contribution in [0.4, 0.5) is 5.82 Å². The summed E-state index contributed by atoms with van der Waals surface area (Å²) in [6.07, 6.45) is 0. The van der Waals surface area contributed by atoms with Gasteiger partial charge in [-0.2, -0.15) is 0 Å². The minimum atomic E-state index is -0.587. The molecule has 0 saturated carbocycles. The number of nitrogens with zero attached hydrogens (tertiary/aromatic N) is 2. The summed E-state index contributed by atoms with van der Waals surface area (Å²) in [7, 11) is 0. The molecular weight excluding hydrogens is 182 g/mol. The molecule has 0 saturated heterocycles. The predicted octanol–water partition coefficient (Wildman–Crippen LogP) is -0.665. The van der Waals surface area contributed by atoms with Crippen LogP contribution in [-0.4, -0.2) is 28.7 Å². The molecule has 0 aliphatic heterocycles. The quantitative estimate of drug-likeness (QED) is 0.591. The number of anilines is 1. The van der Waals surface area contributed by atoms with Crippen LogP contribution in [0.5, 0.6) is 0 Å². The van der Waals surface area contributed by atoms with Gasteiger partial charge in [-0.05, 0) is 19.1 Å². The lowest BCUT2D eigenvalue weighted by atomic mass is 10.3. The van der Waals surface area contributed by atoms with E-state index in [1.807, 2.05) is 6.92 Å². The summed E-state index contributed by atoms with van der Waals surface area (Å²) in [5, 5.41) is 10.4. The van der Waals surface area contributed by atoms with Gasteiger partial charge in [0.1, 0.15) is 5.82 Å². The Labute approximate surface area is 81.7 Å². The number of nitrogens with one attached hydrogen (secondary N) is 1. The third-order valence-electron chi connectivity index (χ3n) is 1.66. The monoisotopic (exact) mass is 195 g/mol. The topological polar surface area (TPSA) is 107 Å². The van der Waals surface area contributed by atoms with Crippen molar-refractivity contribution in [2.24, 2.45) is 11.5 Å². The average molecular weight is 195 g/mol. The van der Waals surface area contributed by atoms with Crippen LogP contribution in [0.1, 0.15) is 17.4 Å². The summed E-state index contributed by atoms with van der Waals surface area (Å²) in [5.74, 6) is -0.0103. The van der Waals surface area contributed by atoms with Crippen molar-refractivity contribution in [1.82, 2.24) is 10.2 Å². The van der Waals surface area contributed by atoms with Gasteiger partial charge < -0.3 is 16.8 Å². The molecule has 6 heteroatoms. The normalized spacial score (nSPS) is 12.1. The van der Waals surface area contributed by atoms with Crippen molar-refractivity contribution in [3.63, 3.8) is 0 Å². The third kappa shape index (κ3) is 2.67. The molecule has 1 rings (SSSR count). The van der Waals surface area contributed by atoms with Gasteiger partial charge in [-0.15, -0.1) is 10.2 Å². The maximum absolute atomic E-state index is 10.7. The molecule has 5 N–H and O–H groups in total. The van der Waals surface area contributed by atoms with Gasteiger partial charge >= 0.3 is 0 Å². The van der Waals surface area contributed by atoms with Crippen molar-refractivity contribution in [3.8, 4) is 0 Å². The third-order valence-corrected chi connectivity index (χ3v) is 1.66. The standard InChI is InChI=1S/C8H13N5O/c1-5(4-9)11-7-3-2-6(8(10)14)12-13-7/h2-3,5H,4,9H2,1H3,(H2,10,14)(H,11,13). The predicted molar refractivity (Wildman–Crippen MR) is 52.7 cm³/mol. The fourth-order valence-corrected chi connectivity index (χ4v) is 0.852. The van der Waals surface area contributed by atoms with Crippen molar-refractivity contribution in [3.05, 3.63) is 17.8 Å². The zero-order valence-electron chi connectivity index (χ0n) is 7.90. The molecule has 1 aromatic heterocycles. The maximum Gasteiger partial charge on any atom is 0.269 e. The van der Waals surface area contributed by atoms with E-state index in [1.54, 1.807) is 6.07 Å². The van der Waals surface area contributed by atoms with Crippen LogP contribution in [0, 0.1) is 0 Å². The number of nitrogens with two attached hydrogens (primary N) is 2. The van der Waals surface area contributed by atoms with E-state index in [2.05, 4.69) is 15.5 Å². The lowest BCUT2D eigenvalue weighted by molar-refractivity contribution is 0.0994. The van der Waals surface area contributed by atoms with Crippen molar-refractivity contribution in [1.29, 1.82) is 0 Å². The number of primary amides is 1. The Hall–Kier alpha value is -1.69. The Bertz CT molecular complexity index is 310. The molecule has 1 aromatic rings. The molecule has 6 nitrogen and oxygen atoms in total. The first-order valence-corrected chi connectivity index (χ1v) is 4.23. The Kier molecular flexibility index (Phi) is 3.35. The van der Waals surface area contributed by atoms with Crippen LogP contribution in [-0.2, 0) is 0 Å². The van der Waals surface area contributed by atoms with E-state index in [-0.39, 0.29) is 11.7 Å². The molecule has 0 aliphatic carbocycles. The highest BCUT2D eigenvalue weighted by molar-refractivity contribution is 5.90. The Morgan fingerprint density at radius 3 is 2.71 bits per heavy atom. The molecule has 1 atom stereocenters. The first-order valence-electron chi connectivity index (χ1n) is 4.23. The first kappa shape index (κ1) is 10.4. The molecular formula is C8H13N5O. The maximum atomic E-state index is 10.7. The average Bonchev–Trinajstić information content (AvgIpc) is 2.18. The van der Waals surface area contributed by atoms with Crippen LogP contribution >= 0.6 is 0 Å². The van der Waals surface area contributed by atoms with E-state index in [1.165, 1.54) is 6.07 Å². The van der Waals surface area contributed by atoms with Crippen LogP contribution in [0.25, 0.3) is 0 Å². The minimum Gasteiger partial charge on any atom is -0.365 e. The Balaban J connectivity index is 2.68. The second kappa shape index (κ2) is 4.52.